The van der Waals surface area contributed by atoms with E-state index in [4.69, 9.17) is 10.5 Å². The van der Waals surface area contributed by atoms with Gasteiger partial charge in [0, 0.05) is 6.61 Å². The first kappa shape index (κ1) is 15.0. The van der Waals surface area contributed by atoms with Crippen LogP contribution in [0.1, 0.15) is 37.4 Å². The second kappa shape index (κ2) is 6.20. The van der Waals surface area contributed by atoms with Crippen LogP contribution >= 0.6 is 0 Å². The van der Waals surface area contributed by atoms with Crippen LogP contribution in [0.4, 0.5) is 13.2 Å². The summed E-state index contributed by atoms with van der Waals surface area (Å²) in [5.41, 5.74) is 5.73. The molecule has 2 nitrogen and oxygen atoms in total. The standard InChI is InChI=1S/C13H18F3NO/c1-3-11(18-4-2)12(17)9-6-5-7-10(8-9)13(14,15)16/h5-8,11-12H,3-4,17H2,1-2H3. The Morgan fingerprint density at radius 3 is 2.44 bits per heavy atom. The molecule has 0 fully saturated rings. The van der Waals surface area contributed by atoms with E-state index in [1.165, 1.54) is 6.07 Å². The Balaban J connectivity index is 2.95. The van der Waals surface area contributed by atoms with Crippen molar-refractivity contribution >= 4 is 0 Å². The highest BCUT2D eigenvalue weighted by atomic mass is 19.4. The molecule has 0 aliphatic carbocycles. The molecule has 0 radical (unpaired) electrons. The van der Waals surface area contributed by atoms with Crippen LogP contribution in [0.3, 0.4) is 0 Å². The molecule has 0 amide bonds. The predicted molar refractivity (Wildman–Crippen MR) is 64.1 cm³/mol. The molecule has 2 unspecified atom stereocenters. The molecule has 5 heteroatoms. The number of halogens is 3. The summed E-state index contributed by atoms with van der Waals surface area (Å²) >= 11 is 0. The minimum absolute atomic E-state index is 0.265. The summed E-state index contributed by atoms with van der Waals surface area (Å²) in [7, 11) is 0. The lowest BCUT2D eigenvalue weighted by atomic mass is 9.98. The molecule has 0 saturated heterocycles. The Kier molecular flexibility index (Phi) is 5.16. The summed E-state index contributed by atoms with van der Waals surface area (Å²) in [5, 5.41) is 0. The number of hydrogen-bond donors (Lipinski definition) is 1. The molecule has 0 aliphatic rings. The van der Waals surface area contributed by atoms with Crippen molar-refractivity contribution in [2.45, 2.75) is 38.6 Å². The lowest BCUT2D eigenvalue weighted by Crippen LogP contribution is -2.28. The highest BCUT2D eigenvalue weighted by Gasteiger charge is 2.31. The highest BCUT2D eigenvalue weighted by Crippen LogP contribution is 2.31. The lowest BCUT2D eigenvalue weighted by molar-refractivity contribution is -0.137. The van der Waals surface area contributed by atoms with Gasteiger partial charge in [-0.3, -0.25) is 0 Å². The zero-order valence-electron chi connectivity index (χ0n) is 10.5. The van der Waals surface area contributed by atoms with E-state index in [9.17, 15) is 13.2 Å². The first-order chi connectivity index (χ1) is 8.40. The molecule has 0 bridgehead atoms. The number of benzene rings is 1. The summed E-state index contributed by atoms with van der Waals surface area (Å²) in [5.74, 6) is 0. The number of rotatable bonds is 5. The van der Waals surface area contributed by atoms with E-state index in [2.05, 4.69) is 0 Å². The van der Waals surface area contributed by atoms with Gasteiger partial charge < -0.3 is 10.5 Å². The maximum Gasteiger partial charge on any atom is 0.416 e. The first-order valence-corrected chi connectivity index (χ1v) is 5.94. The third-order valence-electron chi connectivity index (χ3n) is 2.78. The molecule has 0 aromatic heterocycles. The molecule has 0 saturated carbocycles. The minimum atomic E-state index is -4.34. The second-order valence-corrected chi connectivity index (χ2v) is 4.05. The van der Waals surface area contributed by atoms with Gasteiger partial charge in [0.15, 0.2) is 0 Å². The number of ether oxygens (including phenoxy) is 1. The Hall–Kier alpha value is -1.07. The fraction of sp³-hybridized carbons (Fsp3) is 0.538. The van der Waals surface area contributed by atoms with Gasteiger partial charge in [-0.15, -0.1) is 0 Å². The number of nitrogens with two attached hydrogens (primary N) is 1. The quantitative estimate of drug-likeness (QED) is 0.880. The average Bonchev–Trinajstić information content (AvgIpc) is 2.34. The van der Waals surface area contributed by atoms with Gasteiger partial charge in [-0.1, -0.05) is 19.1 Å². The summed E-state index contributed by atoms with van der Waals surface area (Å²) in [6.07, 6.45) is -3.95. The summed E-state index contributed by atoms with van der Waals surface area (Å²) in [6, 6.07) is 4.56. The topological polar surface area (TPSA) is 35.2 Å². The molecule has 18 heavy (non-hydrogen) atoms. The SMILES string of the molecule is CCOC(CC)C(N)c1cccc(C(F)(F)F)c1. The fourth-order valence-corrected chi connectivity index (χ4v) is 1.83. The zero-order chi connectivity index (χ0) is 13.8. The van der Waals surface area contributed by atoms with Gasteiger partial charge in [0.1, 0.15) is 0 Å². The third-order valence-corrected chi connectivity index (χ3v) is 2.78. The van der Waals surface area contributed by atoms with E-state index in [-0.39, 0.29) is 6.10 Å². The van der Waals surface area contributed by atoms with E-state index < -0.39 is 17.8 Å². The van der Waals surface area contributed by atoms with Gasteiger partial charge in [-0.05, 0) is 31.0 Å². The molecular formula is C13H18F3NO. The Labute approximate surface area is 105 Å². The normalized spacial score (nSPS) is 15.4. The number of hydrogen-bond acceptors (Lipinski definition) is 2. The molecule has 0 aliphatic heterocycles. The Bertz CT molecular complexity index is 379. The van der Waals surface area contributed by atoms with Crippen molar-refractivity contribution in [1.82, 2.24) is 0 Å². The molecule has 2 atom stereocenters. The molecule has 0 spiro atoms. The van der Waals surface area contributed by atoms with Crippen LogP contribution in [-0.4, -0.2) is 12.7 Å². The summed E-state index contributed by atoms with van der Waals surface area (Å²) in [6.45, 7) is 4.22. The van der Waals surface area contributed by atoms with Gasteiger partial charge in [-0.2, -0.15) is 13.2 Å². The van der Waals surface area contributed by atoms with Gasteiger partial charge >= 0.3 is 6.18 Å². The third kappa shape index (κ3) is 3.71. The van der Waals surface area contributed by atoms with Crippen molar-refractivity contribution in [3.8, 4) is 0 Å². The molecule has 1 aromatic rings. The molecule has 102 valence electrons. The molecule has 0 heterocycles. The fourth-order valence-electron chi connectivity index (χ4n) is 1.83. The molecule has 1 rings (SSSR count). The van der Waals surface area contributed by atoms with Crippen molar-refractivity contribution in [3.63, 3.8) is 0 Å². The van der Waals surface area contributed by atoms with Crippen molar-refractivity contribution in [3.05, 3.63) is 35.4 Å². The van der Waals surface area contributed by atoms with E-state index in [0.29, 0.717) is 18.6 Å². The van der Waals surface area contributed by atoms with Crippen LogP contribution < -0.4 is 5.73 Å². The van der Waals surface area contributed by atoms with Crippen LogP contribution in [0, 0.1) is 0 Å². The summed E-state index contributed by atoms with van der Waals surface area (Å²) < 4.78 is 43.2. The van der Waals surface area contributed by atoms with Crippen LogP contribution in [0.5, 0.6) is 0 Å². The molecule has 2 N–H and O–H groups in total. The van der Waals surface area contributed by atoms with E-state index in [1.54, 1.807) is 6.07 Å². The summed E-state index contributed by atoms with van der Waals surface area (Å²) in [4.78, 5) is 0. The van der Waals surface area contributed by atoms with Crippen LogP contribution in [-0.2, 0) is 10.9 Å². The molecular weight excluding hydrogens is 243 g/mol. The van der Waals surface area contributed by atoms with E-state index >= 15 is 0 Å². The molecule has 1 aromatic carbocycles. The van der Waals surface area contributed by atoms with Crippen molar-refractivity contribution < 1.29 is 17.9 Å². The Morgan fingerprint density at radius 2 is 1.94 bits per heavy atom. The van der Waals surface area contributed by atoms with Crippen LogP contribution in [0.25, 0.3) is 0 Å². The number of alkyl halides is 3. The van der Waals surface area contributed by atoms with E-state index in [0.717, 1.165) is 12.1 Å². The van der Waals surface area contributed by atoms with Crippen LogP contribution in [0.2, 0.25) is 0 Å². The first-order valence-electron chi connectivity index (χ1n) is 5.94. The maximum absolute atomic E-state index is 12.6. The largest absolute Gasteiger partial charge is 0.416 e. The highest BCUT2D eigenvalue weighted by molar-refractivity contribution is 5.28. The monoisotopic (exact) mass is 261 g/mol. The lowest BCUT2D eigenvalue weighted by Gasteiger charge is -2.23. The predicted octanol–water partition coefficient (Wildman–Crippen LogP) is 3.52. The van der Waals surface area contributed by atoms with Crippen LogP contribution in [0.15, 0.2) is 24.3 Å². The van der Waals surface area contributed by atoms with Gasteiger partial charge in [0.05, 0.1) is 17.7 Å². The van der Waals surface area contributed by atoms with Crippen molar-refractivity contribution in [1.29, 1.82) is 0 Å². The smallest absolute Gasteiger partial charge is 0.377 e. The maximum atomic E-state index is 12.6. The average molecular weight is 261 g/mol. The van der Waals surface area contributed by atoms with Crippen molar-refractivity contribution in [2.24, 2.45) is 5.73 Å². The minimum Gasteiger partial charge on any atom is -0.377 e. The second-order valence-electron chi connectivity index (χ2n) is 4.05. The van der Waals surface area contributed by atoms with Gasteiger partial charge in [0.2, 0.25) is 0 Å². The van der Waals surface area contributed by atoms with Gasteiger partial charge in [0.25, 0.3) is 0 Å². The van der Waals surface area contributed by atoms with Gasteiger partial charge in [-0.25, -0.2) is 0 Å². The van der Waals surface area contributed by atoms with E-state index in [1.807, 2.05) is 13.8 Å². The van der Waals surface area contributed by atoms with Crippen molar-refractivity contribution in [2.75, 3.05) is 6.61 Å². The Morgan fingerprint density at radius 1 is 1.28 bits per heavy atom. The zero-order valence-corrected chi connectivity index (χ0v) is 10.5.